The Morgan fingerprint density at radius 2 is 2.33 bits per heavy atom. The second kappa shape index (κ2) is 4.02. The summed E-state index contributed by atoms with van der Waals surface area (Å²) in [6.07, 6.45) is 2.71. The van der Waals surface area contributed by atoms with Crippen molar-refractivity contribution < 1.29 is 9.53 Å². The summed E-state index contributed by atoms with van der Waals surface area (Å²) in [5.74, 6) is 0.813. The normalized spacial score (nSPS) is 25.0. The van der Waals surface area contributed by atoms with E-state index in [-0.39, 0.29) is 5.91 Å². The van der Waals surface area contributed by atoms with E-state index < -0.39 is 5.41 Å². The van der Waals surface area contributed by atoms with Gasteiger partial charge in [-0.05, 0) is 30.9 Å². The fourth-order valence-electron chi connectivity index (χ4n) is 2.73. The van der Waals surface area contributed by atoms with Crippen LogP contribution in [0.5, 0.6) is 5.75 Å². The molecule has 18 heavy (non-hydrogen) atoms. The molecule has 0 radical (unpaired) electrons. The zero-order valence-electron chi connectivity index (χ0n) is 10.3. The Kier molecular flexibility index (Phi) is 2.59. The number of aliphatic imine (C=N–C) groups is 1. The highest BCUT2D eigenvalue weighted by atomic mass is 32.2. The quantitative estimate of drug-likeness (QED) is 0.842. The molecule has 1 atom stereocenters. The number of benzene rings is 1. The third kappa shape index (κ3) is 1.34. The second-order valence-electron chi connectivity index (χ2n) is 4.41. The molecule has 2 heterocycles. The molecule has 0 aromatic heterocycles. The Labute approximate surface area is 110 Å². The van der Waals surface area contributed by atoms with Crippen molar-refractivity contribution in [3.8, 4) is 5.75 Å². The summed E-state index contributed by atoms with van der Waals surface area (Å²) in [7, 11) is 1.64. The van der Waals surface area contributed by atoms with E-state index in [9.17, 15) is 4.79 Å². The number of nitrogens with one attached hydrogen (secondary N) is 1. The van der Waals surface area contributed by atoms with Gasteiger partial charge in [-0.3, -0.25) is 9.79 Å². The van der Waals surface area contributed by atoms with Crippen LogP contribution in [-0.2, 0) is 10.2 Å². The van der Waals surface area contributed by atoms with E-state index in [4.69, 9.17) is 4.74 Å². The summed E-state index contributed by atoms with van der Waals surface area (Å²) >= 11 is 1.56. The molecular weight excluding hydrogens is 248 g/mol. The number of methoxy groups -OCH3 is 1. The minimum Gasteiger partial charge on any atom is -0.497 e. The number of nitrogens with zero attached hydrogens (tertiary/aromatic N) is 1. The Bertz CT molecular complexity index is 556. The van der Waals surface area contributed by atoms with Crippen LogP contribution >= 0.6 is 11.8 Å². The molecule has 2 aliphatic heterocycles. The SMILES string of the molecule is COc1ccc2c(c1)C1(CCN=C1SC)C(=O)N2. The molecule has 0 bridgehead atoms. The first-order valence-electron chi connectivity index (χ1n) is 5.81. The molecule has 1 aromatic rings. The number of hydrogen-bond acceptors (Lipinski definition) is 4. The van der Waals surface area contributed by atoms with Crippen LogP contribution in [-0.4, -0.2) is 30.9 Å². The summed E-state index contributed by atoms with van der Waals surface area (Å²) < 4.78 is 5.26. The summed E-state index contributed by atoms with van der Waals surface area (Å²) in [4.78, 5) is 16.9. The number of amides is 1. The van der Waals surface area contributed by atoms with E-state index in [0.717, 1.165) is 28.5 Å². The highest BCUT2D eigenvalue weighted by Crippen LogP contribution is 2.47. The van der Waals surface area contributed by atoms with Gasteiger partial charge in [0.2, 0.25) is 5.91 Å². The fourth-order valence-corrected chi connectivity index (χ4v) is 3.60. The topological polar surface area (TPSA) is 50.7 Å². The van der Waals surface area contributed by atoms with E-state index in [2.05, 4.69) is 10.3 Å². The predicted octanol–water partition coefficient (Wildman–Crippen LogP) is 2.05. The van der Waals surface area contributed by atoms with Gasteiger partial charge in [-0.1, -0.05) is 0 Å². The van der Waals surface area contributed by atoms with Crippen molar-refractivity contribution in [2.75, 3.05) is 25.2 Å². The summed E-state index contributed by atoms with van der Waals surface area (Å²) in [6, 6.07) is 5.71. The lowest BCUT2D eigenvalue weighted by Crippen LogP contribution is -2.38. The molecule has 0 aliphatic carbocycles. The molecule has 1 N–H and O–H groups in total. The number of hydrogen-bond donors (Lipinski definition) is 1. The summed E-state index contributed by atoms with van der Waals surface area (Å²) in [5.41, 5.74) is 1.30. The zero-order valence-corrected chi connectivity index (χ0v) is 11.1. The minimum absolute atomic E-state index is 0.0383. The minimum atomic E-state index is -0.580. The smallest absolute Gasteiger partial charge is 0.241 e. The van der Waals surface area contributed by atoms with Gasteiger partial charge in [0.1, 0.15) is 11.2 Å². The number of ether oxygens (including phenoxy) is 1. The zero-order chi connectivity index (χ0) is 12.8. The molecule has 1 unspecified atom stereocenters. The molecule has 94 valence electrons. The average Bonchev–Trinajstić information content (AvgIpc) is 2.94. The molecule has 0 fully saturated rings. The largest absolute Gasteiger partial charge is 0.497 e. The van der Waals surface area contributed by atoms with Gasteiger partial charge in [0, 0.05) is 17.8 Å². The van der Waals surface area contributed by atoms with Gasteiger partial charge in [0.25, 0.3) is 0 Å². The van der Waals surface area contributed by atoms with Gasteiger partial charge in [0.05, 0.1) is 12.2 Å². The first-order valence-corrected chi connectivity index (χ1v) is 7.04. The van der Waals surface area contributed by atoms with Crippen molar-refractivity contribution in [1.82, 2.24) is 0 Å². The molecule has 2 aliphatic rings. The average molecular weight is 262 g/mol. The monoisotopic (exact) mass is 262 g/mol. The number of fused-ring (bicyclic) bond motifs is 2. The Morgan fingerprint density at radius 3 is 3.06 bits per heavy atom. The third-order valence-electron chi connectivity index (χ3n) is 3.62. The molecule has 0 saturated heterocycles. The van der Waals surface area contributed by atoms with Crippen LogP contribution in [0.2, 0.25) is 0 Å². The number of anilines is 1. The van der Waals surface area contributed by atoms with Gasteiger partial charge >= 0.3 is 0 Å². The van der Waals surface area contributed by atoms with E-state index in [0.29, 0.717) is 6.54 Å². The van der Waals surface area contributed by atoms with Crippen molar-refractivity contribution in [3.05, 3.63) is 23.8 Å². The third-order valence-corrected chi connectivity index (χ3v) is 4.49. The fraction of sp³-hybridized carbons (Fsp3) is 0.385. The number of carbonyl (C=O) groups excluding carboxylic acids is 1. The summed E-state index contributed by atoms with van der Waals surface area (Å²) in [6.45, 7) is 0.709. The lowest BCUT2D eigenvalue weighted by Gasteiger charge is -2.22. The van der Waals surface area contributed by atoms with Crippen LogP contribution in [0.1, 0.15) is 12.0 Å². The maximum Gasteiger partial charge on any atom is 0.241 e. The van der Waals surface area contributed by atoms with Crippen molar-refractivity contribution >= 4 is 28.4 Å². The molecule has 1 aromatic carbocycles. The van der Waals surface area contributed by atoms with Crippen molar-refractivity contribution in [1.29, 1.82) is 0 Å². The predicted molar refractivity (Wildman–Crippen MR) is 73.7 cm³/mol. The standard InChI is InChI=1S/C13H14N2O2S/c1-17-8-3-4-10-9(7-8)13(11(16)15-10)5-6-14-12(13)18-2/h3-4,7H,5-6H2,1-2H3,(H,15,16). The van der Waals surface area contributed by atoms with Crippen LogP contribution in [0.15, 0.2) is 23.2 Å². The maximum atomic E-state index is 12.4. The molecule has 1 spiro atoms. The van der Waals surface area contributed by atoms with Crippen LogP contribution < -0.4 is 10.1 Å². The Morgan fingerprint density at radius 1 is 1.50 bits per heavy atom. The van der Waals surface area contributed by atoms with Crippen LogP contribution in [0.4, 0.5) is 5.69 Å². The lowest BCUT2D eigenvalue weighted by molar-refractivity contribution is -0.118. The molecule has 1 amide bonds. The highest BCUT2D eigenvalue weighted by molar-refractivity contribution is 8.13. The van der Waals surface area contributed by atoms with Gasteiger partial charge in [-0.2, -0.15) is 0 Å². The van der Waals surface area contributed by atoms with Gasteiger partial charge in [-0.15, -0.1) is 11.8 Å². The van der Waals surface area contributed by atoms with Gasteiger partial charge in [0.15, 0.2) is 0 Å². The Balaban J connectivity index is 2.19. The highest BCUT2D eigenvalue weighted by Gasteiger charge is 2.52. The lowest BCUT2D eigenvalue weighted by atomic mass is 9.81. The van der Waals surface area contributed by atoms with Crippen LogP contribution in [0.3, 0.4) is 0 Å². The summed E-state index contributed by atoms with van der Waals surface area (Å²) in [5, 5.41) is 3.87. The van der Waals surface area contributed by atoms with Crippen LogP contribution in [0, 0.1) is 0 Å². The van der Waals surface area contributed by atoms with E-state index >= 15 is 0 Å². The first-order chi connectivity index (χ1) is 8.72. The number of rotatable bonds is 1. The number of thioether (sulfide) groups is 1. The Hall–Kier alpha value is -1.49. The molecule has 0 saturated carbocycles. The van der Waals surface area contributed by atoms with E-state index in [1.165, 1.54) is 0 Å². The molecule has 3 rings (SSSR count). The number of carbonyl (C=O) groups is 1. The van der Waals surface area contributed by atoms with Gasteiger partial charge in [-0.25, -0.2) is 0 Å². The molecular formula is C13H14N2O2S. The molecule has 5 heteroatoms. The second-order valence-corrected chi connectivity index (χ2v) is 5.21. The van der Waals surface area contributed by atoms with E-state index in [1.54, 1.807) is 18.9 Å². The van der Waals surface area contributed by atoms with Crippen LogP contribution in [0.25, 0.3) is 0 Å². The van der Waals surface area contributed by atoms with Crippen molar-refractivity contribution in [2.24, 2.45) is 4.99 Å². The molecule has 4 nitrogen and oxygen atoms in total. The van der Waals surface area contributed by atoms with E-state index in [1.807, 2.05) is 24.5 Å². The van der Waals surface area contributed by atoms with Crippen molar-refractivity contribution in [3.63, 3.8) is 0 Å². The first kappa shape index (κ1) is 11.6. The van der Waals surface area contributed by atoms with Crippen molar-refractivity contribution in [2.45, 2.75) is 11.8 Å². The van der Waals surface area contributed by atoms with Gasteiger partial charge < -0.3 is 10.1 Å². The maximum absolute atomic E-state index is 12.4.